The molecule has 0 bridgehead atoms. The first-order valence-electron chi connectivity index (χ1n) is 5.39. The van der Waals surface area contributed by atoms with E-state index in [9.17, 15) is 4.79 Å². The van der Waals surface area contributed by atoms with Gasteiger partial charge in [-0.1, -0.05) is 0 Å². The number of methoxy groups -OCH3 is 1. The van der Waals surface area contributed by atoms with Gasteiger partial charge in [0.2, 0.25) is 5.91 Å². The molecule has 0 aliphatic carbocycles. The number of imidazole rings is 1. The lowest BCUT2D eigenvalue weighted by Crippen LogP contribution is -2.29. The zero-order valence-electron chi connectivity index (χ0n) is 10.1. The Morgan fingerprint density at radius 3 is 2.88 bits per heavy atom. The summed E-state index contributed by atoms with van der Waals surface area (Å²) in [6, 6.07) is 0. The molecule has 0 unspecified atom stereocenters. The van der Waals surface area contributed by atoms with Crippen molar-refractivity contribution in [1.82, 2.24) is 14.9 Å². The molecule has 1 N–H and O–H groups in total. The van der Waals surface area contributed by atoms with Gasteiger partial charge in [0.05, 0.1) is 12.0 Å². The Morgan fingerprint density at radius 2 is 2.31 bits per heavy atom. The van der Waals surface area contributed by atoms with Crippen LogP contribution in [-0.2, 0) is 16.1 Å². The van der Waals surface area contributed by atoms with E-state index in [2.05, 4.69) is 10.3 Å². The van der Waals surface area contributed by atoms with Crippen molar-refractivity contribution < 1.29 is 9.53 Å². The monoisotopic (exact) mass is 225 g/mol. The summed E-state index contributed by atoms with van der Waals surface area (Å²) in [5, 5.41) is 2.83. The fraction of sp³-hybridized carbons (Fsp3) is 0.636. The van der Waals surface area contributed by atoms with Crippen molar-refractivity contribution in [3.63, 3.8) is 0 Å². The second-order valence-corrected chi connectivity index (χ2v) is 3.74. The van der Waals surface area contributed by atoms with Crippen LogP contribution in [0.5, 0.6) is 0 Å². The Morgan fingerprint density at radius 1 is 1.56 bits per heavy atom. The van der Waals surface area contributed by atoms with Crippen LogP contribution in [0.4, 0.5) is 0 Å². The molecule has 1 heterocycles. The third-order valence-electron chi connectivity index (χ3n) is 2.51. The van der Waals surface area contributed by atoms with Crippen LogP contribution in [0, 0.1) is 13.8 Å². The molecular weight excluding hydrogens is 206 g/mol. The molecule has 1 amide bonds. The SMILES string of the molecule is COCCCNC(=O)Cn1cnc(C)c1C. The Kier molecular flexibility index (Phi) is 4.98. The summed E-state index contributed by atoms with van der Waals surface area (Å²) in [6.07, 6.45) is 2.53. The number of nitrogens with one attached hydrogen (secondary N) is 1. The highest BCUT2D eigenvalue weighted by atomic mass is 16.5. The maximum atomic E-state index is 11.5. The number of aromatic nitrogens is 2. The molecule has 0 spiro atoms. The number of carbonyl (C=O) groups is 1. The molecule has 0 radical (unpaired) electrons. The fourth-order valence-electron chi connectivity index (χ4n) is 1.36. The summed E-state index contributed by atoms with van der Waals surface area (Å²) in [5.74, 6) is 0.0107. The van der Waals surface area contributed by atoms with E-state index in [0.29, 0.717) is 19.7 Å². The molecule has 0 atom stereocenters. The Labute approximate surface area is 95.8 Å². The molecular formula is C11H19N3O2. The highest BCUT2D eigenvalue weighted by Crippen LogP contribution is 2.03. The van der Waals surface area contributed by atoms with E-state index < -0.39 is 0 Å². The summed E-state index contributed by atoms with van der Waals surface area (Å²) < 4.78 is 6.75. The van der Waals surface area contributed by atoms with Crippen LogP contribution in [0.25, 0.3) is 0 Å². The predicted molar refractivity (Wildman–Crippen MR) is 61.2 cm³/mol. The number of amides is 1. The van der Waals surface area contributed by atoms with Crippen molar-refractivity contribution in [2.24, 2.45) is 0 Å². The second kappa shape index (κ2) is 6.27. The van der Waals surface area contributed by atoms with Crippen LogP contribution in [0.3, 0.4) is 0 Å². The number of carbonyl (C=O) groups excluding carboxylic acids is 1. The summed E-state index contributed by atoms with van der Waals surface area (Å²) >= 11 is 0. The lowest BCUT2D eigenvalue weighted by atomic mass is 10.4. The average molecular weight is 225 g/mol. The van der Waals surface area contributed by atoms with Crippen LogP contribution < -0.4 is 5.32 Å². The summed E-state index contributed by atoms with van der Waals surface area (Å²) in [7, 11) is 1.65. The van der Waals surface area contributed by atoms with Gasteiger partial charge in [0, 0.05) is 26.0 Å². The number of rotatable bonds is 6. The van der Waals surface area contributed by atoms with Crippen LogP contribution in [0.2, 0.25) is 0 Å². The molecule has 0 aliphatic rings. The lowest BCUT2D eigenvalue weighted by Gasteiger charge is -2.07. The molecule has 0 aromatic carbocycles. The van der Waals surface area contributed by atoms with Gasteiger partial charge in [0.1, 0.15) is 6.54 Å². The molecule has 5 nitrogen and oxygen atoms in total. The molecule has 1 aromatic rings. The van der Waals surface area contributed by atoms with E-state index in [1.165, 1.54) is 0 Å². The van der Waals surface area contributed by atoms with Gasteiger partial charge in [-0.15, -0.1) is 0 Å². The molecule has 5 heteroatoms. The van der Waals surface area contributed by atoms with Crippen molar-refractivity contribution in [2.75, 3.05) is 20.3 Å². The third-order valence-corrected chi connectivity index (χ3v) is 2.51. The van der Waals surface area contributed by atoms with Crippen LogP contribution in [-0.4, -0.2) is 35.7 Å². The Hall–Kier alpha value is -1.36. The molecule has 0 saturated heterocycles. The molecule has 0 fully saturated rings. The van der Waals surface area contributed by atoms with Gasteiger partial charge in [-0.05, 0) is 20.3 Å². The quantitative estimate of drug-likeness (QED) is 0.723. The molecule has 1 rings (SSSR count). The maximum Gasteiger partial charge on any atom is 0.239 e. The maximum absolute atomic E-state index is 11.5. The summed E-state index contributed by atoms with van der Waals surface area (Å²) in [5.41, 5.74) is 2.00. The smallest absolute Gasteiger partial charge is 0.239 e. The average Bonchev–Trinajstić information content (AvgIpc) is 2.56. The molecule has 0 saturated carbocycles. The first-order valence-corrected chi connectivity index (χ1v) is 5.39. The minimum absolute atomic E-state index is 0.0107. The first kappa shape index (κ1) is 12.7. The second-order valence-electron chi connectivity index (χ2n) is 3.74. The van der Waals surface area contributed by atoms with Crippen molar-refractivity contribution in [3.8, 4) is 0 Å². The van der Waals surface area contributed by atoms with Gasteiger partial charge in [-0.25, -0.2) is 4.98 Å². The summed E-state index contributed by atoms with van der Waals surface area (Å²) in [4.78, 5) is 15.7. The third kappa shape index (κ3) is 3.66. The van der Waals surface area contributed by atoms with Crippen molar-refractivity contribution >= 4 is 5.91 Å². The standard InChI is InChI=1S/C11H19N3O2/c1-9-10(2)14(8-13-9)7-11(15)12-5-4-6-16-3/h8H,4-7H2,1-3H3,(H,12,15). The highest BCUT2D eigenvalue weighted by molar-refractivity contribution is 5.75. The van der Waals surface area contributed by atoms with Gasteiger partial charge in [-0.3, -0.25) is 4.79 Å². The normalized spacial score (nSPS) is 10.4. The molecule has 90 valence electrons. The number of nitrogens with zero attached hydrogens (tertiary/aromatic N) is 2. The van der Waals surface area contributed by atoms with Crippen LogP contribution >= 0.6 is 0 Å². The molecule has 1 aromatic heterocycles. The number of hydrogen-bond donors (Lipinski definition) is 1. The topological polar surface area (TPSA) is 56.1 Å². The molecule has 16 heavy (non-hydrogen) atoms. The van der Waals surface area contributed by atoms with Gasteiger partial charge < -0.3 is 14.6 Å². The zero-order valence-corrected chi connectivity index (χ0v) is 10.1. The van der Waals surface area contributed by atoms with Gasteiger partial charge in [0.15, 0.2) is 0 Å². The zero-order chi connectivity index (χ0) is 12.0. The van der Waals surface area contributed by atoms with E-state index >= 15 is 0 Å². The van der Waals surface area contributed by atoms with E-state index in [4.69, 9.17) is 4.74 Å². The minimum Gasteiger partial charge on any atom is -0.385 e. The number of ether oxygens (including phenoxy) is 1. The highest BCUT2D eigenvalue weighted by Gasteiger charge is 2.06. The van der Waals surface area contributed by atoms with Crippen molar-refractivity contribution in [2.45, 2.75) is 26.8 Å². The first-order chi connectivity index (χ1) is 7.65. The van der Waals surface area contributed by atoms with Crippen LogP contribution in [0.15, 0.2) is 6.33 Å². The fourth-order valence-corrected chi connectivity index (χ4v) is 1.36. The number of hydrogen-bond acceptors (Lipinski definition) is 3. The van der Waals surface area contributed by atoms with E-state index in [-0.39, 0.29) is 5.91 Å². The summed E-state index contributed by atoms with van der Waals surface area (Å²) in [6.45, 7) is 5.55. The van der Waals surface area contributed by atoms with E-state index in [1.807, 2.05) is 18.4 Å². The number of aryl methyl sites for hydroxylation is 1. The Bertz CT molecular complexity index is 347. The van der Waals surface area contributed by atoms with Gasteiger partial charge >= 0.3 is 0 Å². The predicted octanol–water partition coefficient (Wildman–Crippen LogP) is 0.653. The minimum atomic E-state index is 0.0107. The molecule has 0 aliphatic heterocycles. The van der Waals surface area contributed by atoms with E-state index in [1.54, 1.807) is 13.4 Å². The van der Waals surface area contributed by atoms with Gasteiger partial charge in [-0.2, -0.15) is 0 Å². The van der Waals surface area contributed by atoms with Crippen molar-refractivity contribution in [1.29, 1.82) is 0 Å². The van der Waals surface area contributed by atoms with Crippen molar-refractivity contribution in [3.05, 3.63) is 17.7 Å². The van der Waals surface area contributed by atoms with Crippen LogP contribution in [0.1, 0.15) is 17.8 Å². The Balaban J connectivity index is 2.31. The van der Waals surface area contributed by atoms with Gasteiger partial charge in [0.25, 0.3) is 0 Å². The van der Waals surface area contributed by atoms with E-state index in [0.717, 1.165) is 17.8 Å². The largest absolute Gasteiger partial charge is 0.385 e. The lowest BCUT2D eigenvalue weighted by molar-refractivity contribution is -0.121.